The quantitative estimate of drug-likeness (QED) is 0.636. The third kappa shape index (κ3) is 2.62. The Hall–Kier alpha value is -2.15. The molecule has 3 aromatic rings. The van der Waals surface area contributed by atoms with Gasteiger partial charge in [-0.15, -0.1) is 0 Å². The molecule has 24 heavy (non-hydrogen) atoms. The molecule has 0 spiro atoms. The number of hydrogen-bond acceptors (Lipinski definition) is 4. The lowest BCUT2D eigenvalue weighted by Gasteiger charge is -2.27. The van der Waals surface area contributed by atoms with Crippen molar-refractivity contribution < 1.29 is 4.79 Å². The lowest BCUT2D eigenvalue weighted by molar-refractivity contribution is 0.0939. The molecule has 0 unspecified atom stereocenters. The molecule has 120 valence electrons. The highest BCUT2D eigenvalue weighted by molar-refractivity contribution is 7.73. The van der Waals surface area contributed by atoms with Gasteiger partial charge in [-0.25, -0.2) is 0 Å². The maximum atomic E-state index is 12.5. The highest BCUT2D eigenvalue weighted by atomic mass is 35.5. The minimum Gasteiger partial charge on any atom is -0.346 e. The predicted molar refractivity (Wildman–Crippen MR) is 99.8 cm³/mol. The Morgan fingerprint density at radius 2 is 1.75 bits per heavy atom. The molecule has 4 nitrogen and oxygen atoms in total. The zero-order valence-electron chi connectivity index (χ0n) is 12.3. The third-order valence-corrected chi connectivity index (χ3v) is 5.42. The minimum absolute atomic E-state index is 0.130. The standard InChI is InChI=1S/C17H12ClN3OS2/c18-11-8-6-10(7-9-11)14-19-15-13(16(22)20-14)24-17(23)21(15)12-4-2-1-3-5-12/h1-9,14,19H,(H,20,22)/t14-/m0/s1. The van der Waals surface area contributed by atoms with E-state index in [0.29, 0.717) is 13.9 Å². The van der Waals surface area contributed by atoms with Crippen LogP contribution in [0.3, 0.4) is 0 Å². The lowest BCUT2D eigenvalue weighted by Crippen LogP contribution is -2.38. The first-order valence-electron chi connectivity index (χ1n) is 7.27. The predicted octanol–water partition coefficient (Wildman–Crippen LogP) is 4.78. The van der Waals surface area contributed by atoms with Crippen LogP contribution in [0.15, 0.2) is 54.6 Å². The van der Waals surface area contributed by atoms with Crippen LogP contribution in [0.5, 0.6) is 0 Å². The Kier molecular flexibility index (Phi) is 3.88. The molecule has 1 aliphatic heterocycles. The first-order chi connectivity index (χ1) is 11.6. The van der Waals surface area contributed by atoms with Crippen LogP contribution in [0.4, 0.5) is 5.82 Å². The molecule has 2 aromatic carbocycles. The van der Waals surface area contributed by atoms with Crippen LogP contribution in [0.2, 0.25) is 5.02 Å². The molecule has 0 fully saturated rings. The summed E-state index contributed by atoms with van der Waals surface area (Å²) in [4.78, 5) is 13.1. The molecule has 1 aliphatic rings. The van der Waals surface area contributed by atoms with Crippen LogP contribution in [-0.4, -0.2) is 10.5 Å². The summed E-state index contributed by atoms with van der Waals surface area (Å²) in [5.74, 6) is 0.592. The average Bonchev–Trinajstić information content (AvgIpc) is 2.93. The van der Waals surface area contributed by atoms with Crippen molar-refractivity contribution in [2.75, 3.05) is 5.32 Å². The Balaban J connectivity index is 1.80. The molecule has 0 saturated heterocycles. The number of aromatic nitrogens is 1. The average molecular weight is 374 g/mol. The highest BCUT2D eigenvalue weighted by Crippen LogP contribution is 2.34. The SMILES string of the molecule is O=C1N[C@@H](c2ccc(Cl)cc2)Nc2c1sc(=S)n2-c1ccccc1. The van der Waals surface area contributed by atoms with Crippen LogP contribution >= 0.6 is 35.2 Å². The van der Waals surface area contributed by atoms with Gasteiger partial charge in [-0.2, -0.15) is 0 Å². The van der Waals surface area contributed by atoms with E-state index >= 15 is 0 Å². The zero-order chi connectivity index (χ0) is 16.7. The number of carbonyl (C=O) groups is 1. The molecule has 1 aromatic heterocycles. The van der Waals surface area contributed by atoms with Crippen LogP contribution in [0, 0.1) is 3.95 Å². The smallest absolute Gasteiger partial charge is 0.267 e. The number of hydrogen-bond donors (Lipinski definition) is 2. The van der Waals surface area contributed by atoms with Gasteiger partial charge in [0.25, 0.3) is 5.91 Å². The molecule has 1 atom stereocenters. The van der Waals surface area contributed by atoms with E-state index < -0.39 is 0 Å². The van der Waals surface area contributed by atoms with Crippen LogP contribution in [0.1, 0.15) is 21.4 Å². The summed E-state index contributed by atoms with van der Waals surface area (Å²) >= 11 is 12.7. The van der Waals surface area contributed by atoms with E-state index in [-0.39, 0.29) is 12.1 Å². The molecule has 0 radical (unpaired) electrons. The highest BCUT2D eigenvalue weighted by Gasteiger charge is 2.29. The maximum Gasteiger partial charge on any atom is 0.267 e. The monoisotopic (exact) mass is 373 g/mol. The molecule has 1 amide bonds. The van der Waals surface area contributed by atoms with E-state index in [9.17, 15) is 4.79 Å². The number of halogens is 1. The van der Waals surface area contributed by atoms with Gasteiger partial charge in [0.15, 0.2) is 3.95 Å². The second kappa shape index (κ2) is 6.05. The van der Waals surface area contributed by atoms with E-state index in [1.165, 1.54) is 11.3 Å². The number of thiazole rings is 1. The molecule has 2 heterocycles. The number of benzene rings is 2. The number of amides is 1. The molecular formula is C17H12ClN3OS2. The van der Waals surface area contributed by atoms with Gasteiger partial charge in [-0.05, 0) is 42.0 Å². The van der Waals surface area contributed by atoms with Gasteiger partial charge >= 0.3 is 0 Å². The molecule has 2 N–H and O–H groups in total. The normalized spacial score (nSPS) is 16.2. The van der Waals surface area contributed by atoms with Gasteiger partial charge in [0.05, 0.1) is 0 Å². The van der Waals surface area contributed by atoms with Gasteiger partial charge in [0.2, 0.25) is 0 Å². The Labute approximate surface area is 152 Å². The van der Waals surface area contributed by atoms with Crippen molar-refractivity contribution in [3.63, 3.8) is 0 Å². The summed E-state index contributed by atoms with van der Waals surface area (Å²) in [5, 5.41) is 7.00. The van der Waals surface area contributed by atoms with Crippen molar-refractivity contribution in [2.24, 2.45) is 0 Å². The number of anilines is 1. The fourth-order valence-electron chi connectivity index (χ4n) is 2.66. The van der Waals surface area contributed by atoms with Crippen molar-refractivity contribution in [1.29, 1.82) is 0 Å². The molecule has 7 heteroatoms. The summed E-state index contributed by atoms with van der Waals surface area (Å²) in [6.45, 7) is 0. The van der Waals surface area contributed by atoms with E-state index in [4.69, 9.17) is 23.8 Å². The first kappa shape index (κ1) is 15.4. The molecular weight excluding hydrogens is 362 g/mol. The Bertz CT molecular complexity index is 964. The number of carbonyl (C=O) groups excluding carboxylic acids is 1. The van der Waals surface area contributed by atoms with Gasteiger partial charge in [0.1, 0.15) is 16.9 Å². The number of fused-ring (bicyclic) bond motifs is 1. The third-order valence-electron chi connectivity index (χ3n) is 3.79. The molecule has 0 aliphatic carbocycles. The first-order valence-corrected chi connectivity index (χ1v) is 8.88. The number of rotatable bonds is 2. The van der Waals surface area contributed by atoms with Crippen molar-refractivity contribution in [2.45, 2.75) is 6.17 Å². The number of nitrogens with zero attached hydrogens (tertiary/aromatic N) is 1. The summed E-state index contributed by atoms with van der Waals surface area (Å²) in [6.07, 6.45) is -0.332. The van der Waals surface area contributed by atoms with E-state index in [1.54, 1.807) is 12.1 Å². The van der Waals surface area contributed by atoms with Crippen molar-refractivity contribution >= 4 is 46.9 Å². The Morgan fingerprint density at radius 1 is 1.04 bits per heavy atom. The fraction of sp³-hybridized carbons (Fsp3) is 0.0588. The Morgan fingerprint density at radius 3 is 2.46 bits per heavy atom. The number of para-hydroxylation sites is 1. The second-order valence-corrected chi connectivity index (χ2v) is 7.40. The van der Waals surface area contributed by atoms with Gasteiger partial charge < -0.3 is 10.6 Å². The fourth-order valence-corrected chi connectivity index (χ4v) is 4.09. The number of nitrogens with one attached hydrogen (secondary N) is 2. The molecule has 0 saturated carbocycles. The minimum atomic E-state index is -0.332. The van der Waals surface area contributed by atoms with Crippen LogP contribution < -0.4 is 10.6 Å². The zero-order valence-corrected chi connectivity index (χ0v) is 14.7. The van der Waals surface area contributed by atoms with Crippen molar-refractivity contribution in [3.8, 4) is 5.69 Å². The van der Waals surface area contributed by atoms with Gasteiger partial charge in [0, 0.05) is 10.7 Å². The van der Waals surface area contributed by atoms with Crippen molar-refractivity contribution in [1.82, 2.24) is 9.88 Å². The topological polar surface area (TPSA) is 46.1 Å². The van der Waals surface area contributed by atoms with Crippen LogP contribution in [0.25, 0.3) is 5.69 Å². The summed E-state index contributed by atoms with van der Waals surface area (Å²) in [6, 6.07) is 17.2. The van der Waals surface area contributed by atoms with Gasteiger partial charge in [-0.3, -0.25) is 9.36 Å². The van der Waals surface area contributed by atoms with Crippen LogP contribution in [-0.2, 0) is 0 Å². The van der Waals surface area contributed by atoms with Crippen molar-refractivity contribution in [3.05, 3.63) is 74.0 Å². The molecule has 4 rings (SSSR count). The summed E-state index contributed by atoms with van der Waals surface area (Å²) < 4.78 is 2.53. The largest absolute Gasteiger partial charge is 0.346 e. The molecule has 0 bridgehead atoms. The van der Waals surface area contributed by atoms with E-state index in [0.717, 1.165) is 17.1 Å². The lowest BCUT2D eigenvalue weighted by atomic mass is 10.1. The van der Waals surface area contributed by atoms with E-state index in [1.807, 2.05) is 47.0 Å². The second-order valence-electron chi connectivity index (χ2n) is 5.32. The summed E-state index contributed by atoms with van der Waals surface area (Å²) in [5.41, 5.74) is 1.85. The van der Waals surface area contributed by atoms with E-state index in [2.05, 4.69) is 10.6 Å². The van der Waals surface area contributed by atoms with Gasteiger partial charge in [-0.1, -0.05) is 53.3 Å². The maximum absolute atomic E-state index is 12.5. The summed E-state index contributed by atoms with van der Waals surface area (Å²) in [7, 11) is 0.